The van der Waals surface area contributed by atoms with Gasteiger partial charge in [0.05, 0.1) is 6.54 Å². The van der Waals surface area contributed by atoms with Gasteiger partial charge in [0, 0.05) is 24.1 Å². The number of hydrogen-bond donors (Lipinski definition) is 2. The normalized spacial score (nSPS) is 21.4. The Morgan fingerprint density at radius 1 is 1.71 bits per heavy atom. The van der Waals surface area contributed by atoms with E-state index in [9.17, 15) is 4.79 Å². The summed E-state index contributed by atoms with van der Waals surface area (Å²) in [5.41, 5.74) is 2.06. The zero-order valence-corrected chi connectivity index (χ0v) is 10.6. The Labute approximate surface area is 105 Å². The number of nitrogen functional groups attached to an aromatic ring is 1. The molecule has 0 radical (unpaired) electrons. The van der Waals surface area contributed by atoms with Crippen molar-refractivity contribution < 1.29 is 9.21 Å². The number of thioether (sulfide) groups is 1. The zero-order valence-electron chi connectivity index (χ0n) is 9.81. The molecule has 2 heterocycles. The number of nitrogens with zero attached hydrogens (tertiary/aromatic N) is 1. The van der Waals surface area contributed by atoms with Crippen LogP contribution in [0, 0.1) is 0 Å². The van der Waals surface area contributed by atoms with Crippen LogP contribution in [-0.2, 0) is 6.54 Å². The lowest BCUT2D eigenvalue weighted by Crippen LogP contribution is -2.39. The van der Waals surface area contributed by atoms with E-state index in [1.54, 1.807) is 6.07 Å². The highest BCUT2D eigenvalue weighted by atomic mass is 32.2. The van der Waals surface area contributed by atoms with E-state index in [0.717, 1.165) is 30.4 Å². The van der Waals surface area contributed by atoms with E-state index in [0.29, 0.717) is 6.04 Å². The lowest BCUT2D eigenvalue weighted by molar-refractivity contribution is 0.0921. The molecule has 3 N–H and O–H groups in total. The smallest absolute Gasteiger partial charge is 0.300 e. The molecular weight excluding hydrogens is 238 g/mol. The minimum absolute atomic E-state index is 0.265. The molecule has 6 heteroatoms. The van der Waals surface area contributed by atoms with Gasteiger partial charge in [-0.05, 0) is 19.1 Å². The number of rotatable bonds is 3. The first kappa shape index (κ1) is 12.5. The van der Waals surface area contributed by atoms with Crippen molar-refractivity contribution in [2.45, 2.75) is 19.5 Å². The average Bonchev–Trinajstić information content (AvgIpc) is 2.80. The van der Waals surface area contributed by atoms with E-state index >= 15 is 0 Å². The topological polar surface area (TPSA) is 71.5 Å². The number of carbonyl (C=O) groups is 1. The summed E-state index contributed by atoms with van der Waals surface area (Å²) in [6, 6.07) is 4.03. The molecule has 1 aliphatic rings. The fraction of sp³-hybridized carbons (Fsp3) is 0.545. The maximum atomic E-state index is 11.2. The molecule has 1 amide bonds. The van der Waals surface area contributed by atoms with Crippen molar-refractivity contribution in [2.24, 2.45) is 5.84 Å². The third kappa shape index (κ3) is 3.02. The van der Waals surface area contributed by atoms with Gasteiger partial charge in [-0.25, -0.2) is 5.84 Å². The Morgan fingerprint density at radius 3 is 3.24 bits per heavy atom. The Kier molecular flexibility index (Phi) is 4.09. The van der Waals surface area contributed by atoms with E-state index in [4.69, 9.17) is 10.3 Å². The van der Waals surface area contributed by atoms with Crippen LogP contribution in [0.1, 0.15) is 23.2 Å². The van der Waals surface area contributed by atoms with Crippen LogP contribution in [0.3, 0.4) is 0 Å². The summed E-state index contributed by atoms with van der Waals surface area (Å²) in [6.07, 6.45) is 0. The molecule has 1 saturated heterocycles. The van der Waals surface area contributed by atoms with Crippen LogP contribution in [0.15, 0.2) is 16.5 Å². The van der Waals surface area contributed by atoms with Crippen LogP contribution in [0.25, 0.3) is 0 Å². The fourth-order valence-corrected chi connectivity index (χ4v) is 2.93. The summed E-state index contributed by atoms with van der Waals surface area (Å²) in [5, 5.41) is 0. The number of amides is 1. The molecule has 94 valence electrons. The predicted octanol–water partition coefficient (Wildman–Crippen LogP) is 0.820. The second kappa shape index (κ2) is 5.57. The molecule has 5 nitrogen and oxygen atoms in total. The molecule has 2 rings (SSSR count). The van der Waals surface area contributed by atoms with Crippen molar-refractivity contribution in [3.8, 4) is 0 Å². The van der Waals surface area contributed by atoms with Crippen molar-refractivity contribution >= 4 is 17.7 Å². The van der Waals surface area contributed by atoms with Crippen molar-refractivity contribution in [2.75, 3.05) is 18.1 Å². The van der Waals surface area contributed by atoms with Gasteiger partial charge in [0.2, 0.25) is 0 Å². The molecule has 0 spiro atoms. The maximum absolute atomic E-state index is 11.2. The highest BCUT2D eigenvalue weighted by Gasteiger charge is 2.20. The SMILES string of the molecule is CC1CSCCN1Cc1ccc(C(=O)NN)o1. The van der Waals surface area contributed by atoms with Crippen molar-refractivity contribution in [3.63, 3.8) is 0 Å². The molecule has 1 aromatic rings. The first-order valence-electron chi connectivity index (χ1n) is 5.62. The van der Waals surface area contributed by atoms with Crippen LogP contribution < -0.4 is 11.3 Å². The summed E-state index contributed by atoms with van der Waals surface area (Å²) < 4.78 is 5.45. The number of hydrogen-bond acceptors (Lipinski definition) is 5. The fourth-order valence-electron chi connectivity index (χ4n) is 1.85. The monoisotopic (exact) mass is 255 g/mol. The highest BCUT2D eigenvalue weighted by Crippen LogP contribution is 2.19. The predicted molar refractivity (Wildman–Crippen MR) is 67.6 cm³/mol. The minimum atomic E-state index is -0.390. The standard InChI is InChI=1S/C11H17N3O2S/c1-8-7-17-5-4-14(8)6-9-2-3-10(16-9)11(15)13-12/h2-3,8H,4-7,12H2,1H3,(H,13,15). The second-order valence-corrected chi connectivity index (χ2v) is 5.28. The molecule has 0 aromatic carbocycles. The van der Waals surface area contributed by atoms with Gasteiger partial charge in [0.15, 0.2) is 5.76 Å². The van der Waals surface area contributed by atoms with Crippen LogP contribution in [0.5, 0.6) is 0 Å². The Morgan fingerprint density at radius 2 is 2.53 bits per heavy atom. The van der Waals surface area contributed by atoms with Crippen molar-refractivity contribution in [1.29, 1.82) is 0 Å². The number of nitrogens with one attached hydrogen (secondary N) is 1. The van der Waals surface area contributed by atoms with Crippen molar-refractivity contribution in [1.82, 2.24) is 10.3 Å². The maximum Gasteiger partial charge on any atom is 0.300 e. The summed E-state index contributed by atoms with van der Waals surface area (Å²) in [7, 11) is 0. The Bertz CT molecular complexity index is 394. The van der Waals surface area contributed by atoms with E-state index in [2.05, 4.69) is 17.2 Å². The average molecular weight is 255 g/mol. The van der Waals surface area contributed by atoms with Gasteiger partial charge >= 0.3 is 5.91 Å². The van der Waals surface area contributed by atoms with Gasteiger partial charge in [0.1, 0.15) is 5.76 Å². The molecule has 1 unspecified atom stereocenters. The molecule has 1 atom stereocenters. The number of hydrazine groups is 1. The number of nitrogens with two attached hydrogens (primary N) is 1. The quantitative estimate of drug-likeness (QED) is 0.475. The summed E-state index contributed by atoms with van der Waals surface area (Å²) in [4.78, 5) is 13.6. The molecule has 1 aromatic heterocycles. The molecule has 0 saturated carbocycles. The van der Waals surface area contributed by atoms with E-state index < -0.39 is 5.91 Å². The van der Waals surface area contributed by atoms with Gasteiger partial charge in [-0.15, -0.1) is 0 Å². The lowest BCUT2D eigenvalue weighted by Gasteiger charge is -2.32. The molecule has 0 aliphatic carbocycles. The van der Waals surface area contributed by atoms with Crippen molar-refractivity contribution in [3.05, 3.63) is 23.7 Å². The van der Waals surface area contributed by atoms with Crippen LogP contribution in [0.4, 0.5) is 0 Å². The first-order chi connectivity index (χ1) is 8.20. The first-order valence-corrected chi connectivity index (χ1v) is 6.77. The summed E-state index contributed by atoms with van der Waals surface area (Å²) in [6.45, 7) is 4.02. The molecular formula is C11H17N3O2S. The van der Waals surface area contributed by atoms with E-state index in [1.807, 2.05) is 17.8 Å². The molecule has 17 heavy (non-hydrogen) atoms. The van der Waals surface area contributed by atoms with Gasteiger partial charge in [-0.3, -0.25) is 15.1 Å². The number of furan rings is 1. The lowest BCUT2D eigenvalue weighted by atomic mass is 10.3. The van der Waals surface area contributed by atoms with Crippen LogP contribution in [-0.4, -0.2) is 34.9 Å². The van der Waals surface area contributed by atoms with Gasteiger partial charge in [-0.1, -0.05) is 0 Å². The third-order valence-corrected chi connectivity index (χ3v) is 4.07. The Balaban J connectivity index is 1.98. The third-order valence-electron chi connectivity index (χ3n) is 2.88. The molecule has 1 fully saturated rings. The second-order valence-electron chi connectivity index (χ2n) is 4.13. The zero-order chi connectivity index (χ0) is 12.3. The van der Waals surface area contributed by atoms with E-state index in [-0.39, 0.29) is 5.76 Å². The largest absolute Gasteiger partial charge is 0.455 e. The Hall–Kier alpha value is -0.980. The van der Waals surface area contributed by atoms with Crippen LogP contribution >= 0.6 is 11.8 Å². The molecule has 0 bridgehead atoms. The number of carbonyl (C=O) groups excluding carboxylic acids is 1. The highest BCUT2D eigenvalue weighted by molar-refractivity contribution is 7.99. The minimum Gasteiger partial charge on any atom is -0.455 e. The van der Waals surface area contributed by atoms with Gasteiger partial charge in [-0.2, -0.15) is 11.8 Å². The van der Waals surface area contributed by atoms with Crippen LogP contribution in [0.2, 0.25) is 0 Å². The van der Waals surface area contributed by atoms with E-state index in [1.165, 1.54) is 0 Å². The summed E-state index contributed by atoms with van der Waals surface area (Å²) >= 11 is 1.98. The van der Waals surface area contributed by atoms with Gasteiger partial charge in [0.25, 0.3) is 0 Å². The van der Waals surface area contributed by atoms with Gasteiger partial charge < -0.3 is 4.42 Å². The molecule has 1 aliphatic heterocycles. The summed E-state index contributed by atoms with van der Waals surface area (Å²) in [5.74, 6) is 8.03.